The molecule has 1 aromatic rings. The summed E-state index contributed by atoms with van der Waals surface area (Å²) in [6.07, 6.45) is -3.56. The summed E-state index contributed by atoms with van der Waals surface area (Å²) in [7, 11) is 3.90. The van der Waals surface area contributed by atoms with Crippen LogP contribution in [-0.2, 0) is 6.18 Å². The summed E-state index contributed by atoms with van der Waals surface area (Å²) >= 11 is 5.53. The maximum absolute atomic E-state index is 12.6. The number of halogens is 4. The van der Waals surface area contributed by atoms with E-state index in [0.29, 0.717) is 12.2 Å². The van der Waals surface area contributed by atoms with Crippen LogP contribution in [0, 0.1) is 0 Å². The monoisotopic (exact) mass is 280 g/mol. The molecule has 1 rings (SSSR count). The van der Waals surface area contributed by atoms with Gasteiger partial charge in [0.2, 0.25) is 0 Å². The normalized spacial score (nSPS) is 11.9. The zero-order chi connectivity index (χ0) is 13.8. The second-order valence-corrected chi connectivity index (χ2v) is 4.68. The molecule has 0 heterocycles. The van der Waals surface area contributed by atoms with E-state index >= 15 is 0 Å². The Bertz CT molecular complexity index is 391. The largest absolute Gasteiger partial charge is 0.417 e. The van der Waals surface area contributed by atoms with E-state index in [1.165, 1.54) is 6.07 Å². The molecule has 0 aliphatic carbocycles. The van der Waals surface area contributed by atoms with E-state index in [-0.39, 0.29) is 5.02 Å². The third-order valence-corrected chi connectivity index (χ3v) is 2.71. The van der Waals surface area contributed by atoms with Crippen LogP contribution in [0.4, 0.5) is 18.9 Å². The molecule has 1 aromatic carbocycles. The minimum atomic E-state index is -4.42. The van der Waals surface area contributed by atoms with Crippen molar-refractivity contribution in [2.45, 2.75) is 12.6 Å². The van der Waals surface area contributed by atoms with Crippen LogP contribution >= 0.6 is 11.6 Å². The first-order valence-corrected chi connectivity index (χ1v) is 5.94. The Kier molecular flexibility index (Phi) is 5.28. The van der Waals surface area contributed by atoms with Crippen molar-refractivity contribution in [3.8, 4) is 0 Å². The molecule has 0 aromatic heterocycles. The quantitative estimate of drug-likeness (QED) is 0.827. The van der Waals surface area contributed by atoms with Crippen LogP contribution in [0.1, 0.15) is 12.0 Å². The number of hydrogen-bond acceptors (Lipinski definition) is 2. The second kappa shape index (κ2) is 6.29. The van der Waals surface area contributed by atoms with E-state index in [2.05, 4.69) is 5.32 Å². The molecular formula is C12H16ClF3N2. The van der Waals surface area contributed by atoms with Crippen molar-refractivity contribution in [3.05, 3.63) is 28.8 Å². The molecule has 0 radical (unpaired) electrons. The van der Waals surface area contributed by atoms with Gasteiger partial charge in [0, 0.05) is 12.2 Å². The van der Waals surface area contributed by atoms with Crippen molar-refractivity contribution in [3.63, 3.8) is 0 Å². The summed E-state index contributed by atoms with van der Waals surface area (Å²) in [6.45, 7) is 1.50. The minimum Gasteiger partial charge on any atom is -0.385 e. The van der Waals surface area contributed by atoms with Crippen molar-refractivity contribution >= 4 is 17.3 Å². The number of nitrogens with one attached hydrogen (secondary N) is 1. The minimum absolute atomic E-state index is 0.277. The van der Waals surface area contributed by atoms with Crippen molar-refractivity contribution in [1.82, 2.24) is 4.90 Å². The molecule has 0 atom stereocenters. The predicted molar refractivity (Wildman–Crippen MR) is 68.1 cm³/mol. The topological polar surface area (TPSA) is 15.3 Å². The molecule has 0 aliphatic heterocycles. The molecule has 6 heteroatoms. The van der Waals surface area contributed by atoms with Crippen LogP contribution in [0.3, 0.4) is 0 Å². The predicted octanol–water partition coefficient (Wildman–Crippen LogP) is 3.72. The summed E-state index contributed by atoms with van der Waals surface area (Å²) in [5.41, 5.74) is -0.368. The van der Waals surface area contributed by atoms with E-state index in [4.69, 9.17) is 11.6 Å². The van der Waals surface area contributed by atoms with Crippen LogP contribution in [0.15, 0.2) is 18.2 Å². The molecule has 0 spiro atoms. The van der Waals surface area contributed by atoms with E-state index < -0.39 is 11.7 Å². The number of hydrogen-bond donors (Lipinski definition) is 1. The molecule has 0 unspecified atom stereocenters. The number of alkyl halides is 3. The molecule has 1 N–H and O–H groups in total. The van der Waals surface area contributed by atoms with Crippen molar-refractivity contribution in [1.29, 1.82) is 0 Å². The van der Waals surface area contributed by atoms with Gasteiger partial charge >= 0.3 is 6.18 Å². The molecule has 0 bridgehead atoms. The molecule has 0 saturated carbocycles. The zero-order valence-corrected chi connectivity index (χ0v) is 11.1. The summed E-state index contributed by atoms with van der Waals surface area (Å²) in [5, 5.41) is 2.68. The fraction of sp³-hybridized carbons (Fsp3) is 0.500. The Balaban J connectivity index is 2.63. The van der Waals surface area contributed by atoms with Gasteiger partial charge in [-0.25, -0.2) is 0 Å². The molecule has 0 aliphatic rings. The van der Waals surface area contributed by atoms with E-state index in [1.807, 2.05) is 19.0 Å². The number of anilines is 1. The smallest absolute Gasteiger partial charge is 0.385 e. The lowest BCUT2D eigenvalue weighted by atomic mass is 10.2. The van der Waals surface area contributed by atoms with Gasteiger partial charge in [-0.15, -0.1) is 0 Å². The van der Waals surface area contributed by atoms with Crippen molar-refractivity contribution < 1.29 is 13.2 Å². The Labute approximate surface area is 110 Å². The SMILES string of the molecule is CN(C)CCCNc1ccc(Cl)c(C(F)(F)F)c1. The van der Waals surface area contributed by atoms with Gasteiger partial charge in [0.25, 0.3) is 0 Å². The third kappa shape index (κ3) is 4.74. The second-order valence-electron chi connectivity index (χ2n) is 4.28. The first kappa shape index (κ1) is 15.1. The van der Waals surface area contributed by atoms with Crippen LogP contribution in [0.2, 0.25) is 5.02 Å². The Morgan fingerprint density at radius 3 is 2.50 bits per heavy atom. The van der Waals surface area contributed by atoms with Gasteiger partial charge in [0.15, 0.2) is 0 Å². The van der Waals surface area contributed by atoms with Gasteiger partial charge in [0.1, 0.15) is 0 Å². The molecule has 0 fully saturated rings. The number of nitrogens with zero attached hydrogens (tertiary/aromatic N) is 1. The summed E-state index contributed by atoms with van der Waals surface area (Å²) < 4.78 is 37.8. The van der Waals surface area contributed by atoms with Crippen LogP contribution in [0.5, 0.6) is 0 Å². The lowest BCUT2D eigenvalue weighted by Crippen LogP contribution is -2.16. The fourth-order valence-electron chi connectivity index (χ4n) is 1.48. The Morgan fingerprint density at radius 1 is 1.28 bits per heavy atom. The number of rotatable bonds is 5. The molecule has 0 saturated heterocycles. The van der Waals surface area contributed by atoms with E-state index in [0.717, 1.165) is 19.0 Å². The van der Waals surface area contributed by atoms with Gasteiger partial charge in [-0.3, -0.25) is 0 Å². The Hall–Kier alpha value is -0.940. The van der Waals surface area contributed by atoms with Crippen molar-refractivity contribution in [2.75, 3.05) is 32.5 Å². The zero-order valence-electron chi connectivity index (χ0n) is 10.3. The highest BCUT2D eigenvalue weighted by Crippen LogP contribution is 2.36. The maximum Gasteiger partial charge on any atom is 0.417 e. The van der Waals surface area contributed by atoms with E-state index in [9.17, 15) is 13.2 Å². The molecule has 18 heavy (non-hydrogen) atoms. The molecule has 2 nitrogen and oxygen atoms in total. The first-order chi connectivity index (χ1) is 8.30. The standard InChI is InChI=1S/C12H16ClF3N2/c1-18(2)7-3-6-17-9-4-5-11(13)10(8-9)12(14,15)16/h4-5,8,17H,3,6-7H2,1-2H3. The van der Waals surface area contributed by atoms with Gasteiger partial charge in [-0.05, 0) is 45.3 Å². The van der Waals surface area contributed by atoms with Crippen LogP contribution < -0.4 is 5.32 Å². The highest BCUT2D eigenvalue weighted by atomic mass is 35.5. The van der Waals surface area contributed by atoms with E-state index in [1.54, 1.807) is 6.07 Å². The summed E-state index contributed by atoms with van der Waals surface area (Å²) in [5.74, 6) is 0. The van der Waals surface area contributed by atoms with Gasteiger partial charge in [-0.2, -0.15) is 13.2 Å². The van der Waals surface area contributed by atoms with Gasteiger partial charge in [0.05, 0.1) is 10.6 Å². The average molecular weight is 281 g/mol. The number of benzene rings is 1. The van der Waals surface area contributed by atoms with Crippen LogP contribution in [0.25, 0.3) is 0 Å². The van der Waals surface area contributed by atoms with Gasteiger partial charge in [-0.1, -0.05) is 11.6 Å². The highest BCUT2D eigenvalue weighted by molar-refractivity contribution is 6.31. The van der Waals surface area contributed by atoms with Gasteiger partial charge < -0.3 is 10.2 Å². The lowest BCUT2D eigenvalue weighted by molar-refractivity contribution is -0.137. The maximum atomic E-state index is 12.6. The summed E-state index contributed by atoms with van der Waals surface area (Å²) in [4.78, 5) is 2.02. The lowest BCUT2D eigenvalue weighted by Gasteiger charge is -2.13. The van der Waals surface area contributed by atoms with Crippen LogP contribution in [-0.4, -0.2) is 32.1 Å². The first-order valence-electron chi connectivity index (χ1n) is 5.56. The fourth-order valence-corrected chi connectivity index (χ4v) is 1.71. The third-order valence-electron chi connectivity index (χ3n) is 2.38. The average Bonchev–Trinajstić information content (AvgIpc) is 2.24. The Morgan fingerprint density at radius 2 is 1.94 bits per heavy atom. The molecule has 0 amide bonds. The molecule has 102 valence electrons. The summed E-state index contributed by atoms with van der Waals surface area (Å²) in [6, 6.07) is 3.85. The highest BCUT2D eigenvalue weighted by Gasteiger charge is 2.33. The van der Waals surface area contributed by atoms with Crippen molar-refractivity contribution in [2.24, 2.45) is 0 Å². The molecular weight excluding hydrogens is 265 g/mol.